The van der Waals surface area contributed by atoms with E-state index in [0.717, 1.165) is 13.8 Å². The van der Waals surface area contributed by atoms with Crippen LogP contribution in [0.2, 0.25) is 0 Å². The van der Waals surface area contributed by atoms with Gasteiger partial charge in [-0.3, -0.25) is 38.4 Å². The van der Waals surface area contributed by atoms with Crippen LogP contribution in [0.5, 0.6) is 0 Å². The highest BCUT2D eigenvalue weighted by atomic mass is 16.4. The van der Waals surface area contributed by atoms with E-state index in [0.29, 0.717) is 11.6 Å². The number of aliphatic hydroxyl groups excluding tert-OH is 1. The maximum atomic E-state index is 10.6. The molecule has 84 heavy (non-hydrogen) atoms. The highest BCUT2D eigenvalue weighted by Gasteiger charge is 2.39. The molecule has 458 valence electrons. The van der Waals surface area contributed by atoms with Crippen LogP contribution in [0.25, 0.3) is 0 Å². The number of Topliss-reactive ketones (excluding diaryl/α,β-unsaturated/α-hetero) is 4. The van der Waals surface area contributed by atoms with Crippen LogP contribution < -0.4 is 0 Å². The number of aryl methyl sites for hydroxylation is 1. The molecule has 4 atom stereocenters. The average Bonchev–Trinajstić information content (AvgIpc) is 3.37. The molecular weight excluding hydrogens is 1140 g/mol. The summed E-state index contributed by atoms with van der Waals surface area (Å²) in [5, 5.41) is 93.4. The number of hydrogen-bond donors (Lipinski definition) is 11. The van der Waals surface area contributed by atoms with Crippen molar-refractivity contribution in [2.75, 3.05) is 0 Å². The van der Waals surface area contributed by atoms with E-state index in [1.165, 1.54) is 19.4 Å². The lowest BCUT2D eigenvalue weighted by Gasteiger charge is -2.19. The summed E-state index contributed by atoms with van der Waals surface area (Å²) in [6.45, 7) is 6.59. The lowest BCUT2D eigenvalue weighted by Crippen LogP contribution is -2.42. The van der Waals surface area contributed by atoms with Crippen molar-refractivity contribution in [1.29, 1.82) is 0 Å². The van der Waals surface area contributed by atoms with Crippen molar-refractivity contribution in [3.05, 3.63) is 120 Å². The lowest BCUT2D eigenvalue weighted by atomic mass is 9.94. The summed E-state index contributed by atoms with van der Waals surface area (Å²) in [5.41, 5.74) is -1.24. The number of carboxylic acid groups (broad SMARTS) is 9. The summed E-state index contributed by atoms with van der Waals surface area (Å²) >= 11 is 0. The number of hydrogen-bond acceptors (Lipinski definition) is 23. The fourth-order valence-corrected chi connectivity index (χ4v) is 4.59. The third kappa shape index (κ3) is 68.8. The minimum Gasteiger partial charge on any atom is -0.481 e. The van der Waals surface area contributed by atoms with Gasteiger partial charge < -0.3 is 61.0 Å². The highest BCUT2D eigenvalue weighted by molar-refractivity contribution is 5.99. The van der Waals surface area contributed by atoms with Crippen molar-refractivity contribution in [1.82, 2.24) is 0 Å². The van der Waals surface area contributed by atoms with Crippen LogP contribution in [0.3, 0.4) is 0 Å². The first-order valence-electron chi connectivity index (χ1n) is 22.0. The third-order valence-electron chi connectivity index (χ3n) is 7.84. The minimum absolute atomic E-state index is 0.221. The number of carbonyl (C=O) groups excluding carboxylic acids is 12. The van der Waals surface area contributed by atoms with Crippen LogP contribution in [-0.2, 0) is 95.9 Å². The topological polar surface area (TPSA) is 581 Å². The van der Waals surface area contributed by atoms with Gasteiger partial charge in [-0.25, -0.2) is 19.2 Å². The SMILES string of the molecule is CC(=O)C(O)C(CC(=O)O)C(=O)O.CC(=O)C/C(=C/C(=O)O)C(=O)O.CC(=O)CC(CC(=O)O)C(=O)O.CC(=O)CC(O)(CC(=O)O)C(=O)O.Cc1ccccc1.O=C(O)c1ccccc1.O=C=O.O=C=O.O=C=O.O=C=O.c1ccccc1. The van der Waals surface area contributed by atoms with Gasteiger partial charge in [-0.2, -0.15) is 38.4 Å². The Hall–Kier alpha value is -11.3. The molecule has 3 aromatic carbocycles. The molecule has 0 spiro atoms. The second-order valence-corrected chi connectivity index (χ2v) is 14.9. The predicted octanol–water partition coefficient (Wildman–Crippen LogP) is 1.30. The van der Waals surface area contributed by atoms with Crippen molar-refractivity contribution < 1.29 is 157 Å². The van der Waals surface area contributed by atoms with E-state index in [9.17, 15) is 67.4 Å². The van der Waals surface area contributed by atoms with Crippen molar-refractivity contribution in [3.63, 3.8) is 0 Å². The standard InChI is InChI=1S/2C7H10O6.C7H10O5.C7H8O5.C7H6O2.C7H8.C6H6.4CO2/c1-4(8)2-7(13,6(11)12)3-5(9)10;1-3(8)6(11)4(7(12)13)2-5(9)10;2*1-4(8)2-5(7(11)12)3-6(9)10;8-7(9)6-4-2-1-3-5-6;1-7-5-3-2-4-6-7;1-2-4-6-5-3-1;4*2-1-3/h13H,2-3H2,1H3,(H,9,10)(H,11,12);4,6,11H,2H2,1H3,(H,9,10)(H,12,13);5H,2-3H2,1H3,(H,9,10)(H,11,12);3H,2H2,1H3,(H,9,10)(H,11,12);1-5H,(H,8,9);2-6H,1H3;1-6H;;;;/b;;;5-3-;;;;;;;. The minimum atomic E-state index is -2.49. The van der Waals surface area contributed by atoms with E-state index in [1.807, 2.05) is 54.6 Å². The molecule has 32 heteroatoms. The molecular formula is C52H58O32. The Morgan fingerprint density at radius 3 is 1.04 bits per heavy atom. The normalized spacial score (nSPS) is 10.4. The van der Waals surface area contributed by atoms with E-state index < -0.39 is 120 Å². The van der Waals surface area contributed by atoms with Crippen molar-refractivity contribution in [2.45, 2.75) is 84.8 Å². The van der Waals surface area contributed by atoms with Gasteiger partial charge >= 0.3 is 78.3 Å². The lowest BCUT2D eigenvalue weighted by molar-refractivity contribution is -0.193. The van der Waals surface area contributed by atoms with E-state index in [-0.39, 0.29) is 49.0 Å². The molecule has 4 unspecified atom stereocenters. The summed E-state index contributed by atoms with van der Waals surface area (Å²) in [4.78, 5) is 199. The summed E-state index contributed by atoms with van der Waals surface area (Å²) < 4.78 is 0. The fraction of sp³-hybridized carbons (Fsp3) is 0.288. The van der Waals surface area contributed by atoms with Crippen LogP contribution in [0, 0.1) is 18.8 Å². The quantitative estimate of drug-likeness (QED) is 0.0710. The Morgan fingerprint density at radius 1 is 0.476 bits per heavy atom. The Labute approximate surface area is 473 Å². The molecule has 3 rings (SSSR count). The zero-order chi connectivity index (χ0) is 67.6. The molecule has 0 heterocycles. The molecule has 32 nitrogen and oxygen atoms in total. The number of rotatable bonds is 20. The van der Waals surface area contributed by atoms with Gasteiger partial charge in [0.25, 0.3) is 0 Å². The number of ketones is 4. The van der Waals surface area contributed by atoms with Gasteiger partial charge in [0, 0.05) is 25.3 Å². The van der Waals surface area contributed by atoms with E-state index in [4.69, 9.17) is 89.4 Å². The van der Waals surface area contributed by atoms with Gasteiger partial charge in [0.1, 0.15) is 29.4 Å². The first-order chi connectivity index (χ1) is 38.9. The zero-order valence-corrected chi connectivity index (χ0v) is 44.8. The van der Waals surface area contributed by atoms with Crippen LogP contribution in [0.1, 0.15) is 82.1 Å². The fourth-order valence-electron chi connectivity index (χ4n) is 4.59. The molecule has 0 saturated heterocycles. The summed E-state index contributed by atoms with van der Waals surface area (Å²) in [6.07, 6.45) is -3.78. The highest BCUT2D eigenvalue weighted by Crippen LogP contribution is 2.16. The van der Waals surface area contributed by atoms with E-state index in [2.05, 4.69) is 19.1 Å². The number of benzene rings is 3. The zero-order valence-electron chi connectivity index (χ0n) is 44.8. The Morgan fingerprint density at radius 2 is 0.833 bits per heavy atom. The van der Waals surface area contributed by atoms with Gasteiger partial charge in [0.2, 0.25) is 0 Å². The smallest absolute Gasteiger partial charge is 0.373 e. The van der Waals surface area contributed by atoms with E-state index in [1.54, 1.807) is 30.3 Å². The maximum Gasteiger partial charge on any atom is 0.373 e. The summed E-state index contributed by atoms with van der Waals surface area (Å²) in [7, 11) is 0. The monoisotopic (exact) mass is 1190 g/mol. The average molecular weight is 1200 g/mol. The molecule has 0 radical (unpaired) electrons. The second kappa shape index (κ2) is 57.9. The first-order valence-corrected chi connectivity index (χ1v) is 22.0. The molecule has 0 bridgehead atoms. The van der Waals surface area contributed by atoms with Crippen molar-refractivity contribution in [3.8, 4) is 0 Å². The Balaban J connectivity index is -0.000000130. The number of carbonyl (C=O) groups is 13. The van der Waals surface area contributed by atoms with Gasteiger partial charge in [0.05, 0.1) is 36.3 Å². The molecule has 0 aromatic heterocycles. The molecule has 11 N–H and O–H groups in total. The molecule has 0 aliphatic heterocycles. The molecule has 0 fully saturated rings. The number of aromatic carboxylic acids is 1. The Kier molecular flexibility index (Phi) is 61.6. The molecule has 0 saturated carbocycles. The van der Waals surface area contributed by atoms with Crippen LogP contribution in [-0.4, -0.2) is 169 Å². The molecule has 0 aliphatic carbocycles. The number of aliphatic carboxylic acids is 8. The number of aliphatic hydroxyl groups is 2. The third-order valence-corrected chi connectivity index (χ3v) is 7.84. The first kappa shape index (κ1) is 89.3. The molecule has 0 aliphatic rings. The maximum absolute atomic E-state index is 10.6. The van der Waals surface area contributed by atoms with Crippen molar-refractivity contribution in [2.24, 2.45) is 11.8 Å². The van der Waals surface area contributed by atoms with Gasteiger partial charge in [-0.05, 0) is 46.8 Å². The summed E-state index contributed by atoms with van der Waals surface area (Å²) in [5.74, 6) is -16.8. The van der Waals surface area contributed by atoms with Crippen molar-refractivity contribution >= 4 is 101 Å². The van der Waals surface area contributed by atoms with Gasteiger partial charge in [-0.15, -0.1) is 0 Å². The van der Waals surface area contributed by atoms with Gasteiger partial charge in [-0.1, -0.05) is 90.5 Å². The van der Waals surface area contributed by atoms with Crippen LogP contribution >= 0.6 is 0 Å². The van der Waals surface area contributed by atoms with Crippen LogP contribution in [0.15, 0.2) is 109 Å². The molecule has 0 amide bonds. The number of carboxylic acids is 9. The summed E-state index contributed by atoms with van der Waals surface area (Å²) in [6, 6.07) is 30.6. The van der Waals surface area contributed by atoms with E-state index >= 15 is 0 Å². The Bertz CT molecular complexity index is 2560. The largest absolute Gasteiger partial charge is 0.481 e. The second-order valence-electron chi connectivity index (χ2n) is 14.9. The van der Waals surface area contributed by atoms with Gasteiger partial charge in [0.15, 0.2) is 11.4 Å². The van der Waals surface area contributed by atoms with Crippen LogP contribution in [0.4, 0.5) is 0 Å². The molecule has 3 aromatic rings. The predicted molar refractivity (Wildman–Crippen MR) is 269 cm³/mol.